The van der Waals surface area contributed by atoms with Gasteiger partial charge in [-0.3, -0.25) is 0 Å². The van der Waals surface area contributed by atoms with Crippen molar-refractivity contribution in [2.75, 3.05) is 6.54 Å². The van der Waals surface area contributed by atoms with Crippen LogP contribution in [-0.4, -0.2) is 11.5 Å². The molecule has 2 rings (SSSR count). The third kappa shape index (κ3) is 4.83. The van der Waals surface area contributed by atoms with Crippen molar-refractivity contribution in [1.82, 2.24) is 10.3 Å². The lowest BCUT2D eigenvalue weighted by molar-refractivity contribution is 0.457. The van der Waals surface area contributed by atoms with Crippen LogP contribution in [0.3, 0.4) is 0 Å². The van der Waals surface area contributed by atoms with Crippen molar-refractivity contribution in [2.45, 2.75) is 33.7 Å². The summed E-state index contributed by atoms with van der Waals surface area (Å²) in [5.74, 6) is 1.42. The van der Waals surface area contributed by atoms with E-state index in [1.807, 2.05) is 31.2 Å². The predicted octanol–water partition coefficient (Wildman–Crippen LogP) is 4.75. The zero-order valence-corrected chi connectivity index (χ0v) is 14.3. The molecule has 0 amide bonds. The lowest BCUT2D eigenvalue weighted by Crippen LogP contribution is -2.14. The normalized spacial score (nSPS) is 10.7. The Hall–Kier alpha value is -1.39. The Morgan fingerprint density at radius 2 is 2.00 bits per heavy atom. The van der Waals surface area contributed by atoms with E-state index in [2.05, 4.69) is 46.1 Å². The number of hydrogen-bond acceptors (Lipinski definition) is 3. The van der Waals surface area contributed by atoms with Gasteiger partial charge in [0.25, 0.3) is 0 Å². The van der Waals surface area contributed by atoms with Crippen LogP contribution in [0.1, 0.15) is 30.2 Å². The summed E-state index contributed by atoms with van der Waals surface area (Å²) in [4.78, 5) is 4.45. The zero-order valence-electron chi connectivity index (χ0n) is 12.7. The Bertz CT molecular complexity index is 614. The number of aromatic nitrogens is 1. The van der Waals surface area contributed by atoms with Crippen LogP contribution in [0.5, 0.6) is 11.6 Å². The van der Waals surface area contributed by atoms with Crippen molar-refractivity contribution in [2.24, 2.45) is 0 Å². The highest BCUT2D eigenvalue weighted by molar-refractivity contribution is 9.10. The van der Waals surface area contributed by atoms with Gasteiger partial charge in [-0.25, -0.2) is 4.98 Å². The number of rotatable bonds is 6. The second-order valence-electron chi connectivity index (χ2n) is 5.17. The molecule has 21 heavy (non-hydrogen) atoms. The number of nitrogens with zero attached hydrogens (tertiary/aromatic N) is 1. The van der Waals surface area contributed by atoms with Crippen LogP contribution in [0.2, 0.25) is 0 Å². The van der Waals surface area contributed by atoms with E-state index in [1.54, 1.807) is 0 Å². The molecule has 0 saturated carbocycles. The summed E-state index contributed by atoms with van der Waals surface area (Å²) in [7, 11) is 0. The van der Waals surface area contributed by atoms with E-state index in [4.69, 9.17) is 4.74 Å². The van der Waals surface area contributed by atoms with Crippen molar-refractivity contribution in [3.63, 3.8) is 0 Å². The highest BCUT2D eigenvalue weighted by atomic mass is 79.9. The van der Waals surface area contributed by atoms with E-state index in [0.29, 0.717) is 5.88 Å². The van der Waals surface area contributed by atoms with Gasteiger partial charge in [0.05, 0.1) is 4.47 Å². The molecular formula is C17H21BrN2O. The van der Waals surface area contributed by atoms with E-state index in [1.165, 1.54) is 11.1 Å². The summed E-state index contributed by atoms with van der Waals surface area (Å²) in [6, 6.07) is 10.1. The molecule has 0 aliphatic carbocycles. The summed E-state index contributed by atoms with van der Waals surface area (Å²) in [5.41, 5.74) is 3.34. The molecule has 0 spiro atoms. The molecule has 112 valence electrons. The monoisotopic (exact) mass is 348 g/mol. The van der Waals surface area contributed by atoms with Crippen LogP contribution < -0.4 is 10.1 Å². The average molecular weight is 349 g/mol. The summed E-state index contributed by atoms with van der Waals surface area (Å²) in [6.45, 7) is 8.05. The van der Waals surface area contributed by atoms with Gasteiger partial charge in [-0.15, -0.1) is 0 Å². The maximum absolute atomic E-state index is 5.91. The first-order valence-electron chi connectivity index (χ1n) is 7.20. The molecule has 0 unspecified atom stereocenters. The summed E-state index contributed by atoms with van der Waals surface area (Å²) < 4.78 is 6.85. The molecule has 1 N–H and O–H groups in total. The van der Waals surface area contributed by atoms with Gasteiger partial charge in [0.1, 0.15) is 5.75 Å². The third-order valence-electron chi connectivity index (χ3n) is 3.05. The molecule has 2 aromatic rings. The van der Waals surface area contributed by atoms with Gasteiger partial charge in [-0.2, -0.15) is 0 Å². The maximum Gasteiger partial charge on any atom is 0.219 e. The summed E-state index contributed by atoms with van der Waals surface area (Å²) in [6.07, 6.45) is 1.13. The van der Waals surface area contributed by atoms with Gasteiger partial charge in [0.2, 0.25) is 5.88 Å². The second-order valence-corrected chi connectivity index (χ2v) is 6.02. The van der Waals surface area contributed by atoms with Gasteiger partial charge in [0, 0.05) is 18.3 Å². The van der Waals surface area contributed by atoms with Crippen LogP contribution in [0.15, 0.2) is 34.8 Å². The van der Waals surface area contributed by atoms with Crippen molar-refractivity contribution in [1.29, 1.82) is 0 Å². The van der Waals surface area contributed by atoms with Crippen LogP contribution in [0, 0.1) is 13.8 Å². The van der Waals surface area contributed by atoms with Crippen molar-refractivity contribution in [3.8, 4) is 11.6 Å². The highest BCUT2D eigenvalue weighted by Gasteiger charge is 2.06. The Labute approximate surface area is 134 Å². The van der Waals surface area contributed by atoms with Gasteiger partial charge in [-0.1, -0.05) is 13.0 Å². The molecule has 0 radical (unpaired) electrons. The Kier molecular flexibility index (Phi) is 5.76. The Morgan fingerprint density at radius 1 is 1.19 bits per heavy atom. The standard InChI is InChI=1S/C17H21BrN2O/c1-4-7-19-11-14-9-13(3)20-17(10-14)21-16-6-5-12(2)8-15(16)18/h5-6,8-10,19H,4,7,11H2,1-3H3. The SMILES string of the molecule is CCCNCc1cc(C)nc(Oc2ccc(C)cc2Br)c1. The van der Waals surface area contributed by atoms with E-state index in [-0.39, 0.29) is 0 Å². The number of ether oxygens (including phenoxy) is 1. The first kappa shape index (κ1) is 16.0. The fourth-order valence-electron chi connectivity index (χ4n) is 2.07. The van der Waals surface area contributed by atoms with Crippen LogP contribution in [0.4, 0.5) is 0 Å². The molecule has 0 saturated heterocycles. The minimum absolute atomic E-state index is 0.632. The highest BCUT2D eigenvalue weighted by Crippen LogP contribution is 2.30. The molecule has 3 nitrogen and oxygen atoms in total. The van der Waals surface area contributed by atoms with E-state index >= 15 is 0 Å². The van der Waals surface area contributed by atoms with E-state index < -0.39 is 0 Å². The van der Waals surface area contributed by atoms with Crippen LogP contribution >= 0.6 is 15.9 Å². The van der Waals surface area contributed by atoms with Crippen molar-refractivity contribution < 1.29 is 4.74 Å². The largest absolute Gasteiger partial charge is 0.438 e. The first-order valence-corrected chi connectivity index (χ1v) is 8.00. The third-order valence-corrected chi connectivity index (χ3v) is 3.67. The second kappa shape index (κ2) is 7.57. The van der Waals surface area contributed by atoms with Gasteiger partial charge in [-0.05, 0) is 72.1 Å². The van der Waals surface area contributed by atoms with Crippen LogP contribution in [-0.2, 0) is 6.54 Å². The molecule has 1 aromatic heterocycles. The number of hydrogen-bond donors (Lipinski definition) is 1. The predicted molar refractivity (Wildman–Crippen MR) is 89.9 cm³/mol. The molecule has 0 atom stereocenters. The lowest BCUT2D eigenvalue weighted by Gasteiger charge is -2.10. The fourth-order valence-corrected chi connectivity index (χ4v) is 2.65. The van der Waals surface area contributed by atoms with Gasteiger partial charge < -0.3 is 10.1 Å². The van der Waals surface area contributed by atoms with Gasteiger partial charge >= 0.3 is 0 Å². The number of benzene rings is 1. The number of pyridine rings is 1. The van der Waals surface area contributed by atoms with Gasteiger partial charge in [0.15, 0.2) is 0 Å². The van der Waals surface area contributed by atoms with E-state index in [9.17, 15) is 0 Å². The summed E-state index contributed by atoms with van der Waals surface area (Å²) >= 11 is 3.53. The number of nitrogens with one attached hydrogen (secondary N) is 1. The molecule has 4 heteroatoms. The lowest BCUT2D eigenvalue weighted by atomic mass is 10.2. The molecule has 1 heterocycles. The van der Waals surface area contributed by atoms with E-state index in [0.717, 1.165) is 35.4 Å². The Balaban J connectivity index is 2.15. The molecule has 0 aliphatic heterocycles. The smallest absolute Gasteiger partial charge is 0.219 e. The summed E-state index contributed by atoms with van der Waals surface area (Å²) in [5, 5.41) is 3.40. The Morgan fingerprint density at radius 3 is 2.71 bits per heavy atom. The molecule has 0 fully saturated rings. The minimum Gasteiger partial charge on any atom is -0.438 e. The first-order chi connectivity index (χ1) is 10.1. The number of aryl methyl sites for hydroxylation is 2. The molecular weight excluding hydrogens is 328 g/mol. The molecule has 0 aliphatic rings. The topological polar surface area (TPSA) is 34.2 Å². The number of halogens is 1. The molecule has 0 bridgehead atoms. The zero-order chi connectivity index (χ0) is 15.2. The van der Waals surface area contributed by atoms with Crippen LogP contribution in [0.25, 0.3) is 0 Å². The van der Waals surface area contributed by atoms with Crippen molar-refractivity contribution >= 4 is 15.9 Å². The molecule has 1 aromatic carbocycles. The average Bonchev–Trinajstić information content (AvgIpc) is 2.42. The quantitative estimate of drug-likeness (QED) is 0.764. The minimum atomic E-state index is 0.632. The fraction of sp³-hybridized carbons (Fsp3) is 0.353. The van der Waals surface area contributed by atoms with Crippen molar-refractivity contribution in [3.05, 3.63) is 51.6 Å². The maximum atomic E-state index is 5.91.